The molecule has 0 saturated carbocycles. The second-order valence-corrected chi connectivity index (χ2v) is 8.08. The van der Waals surface area contributed by atoms with E-state index in [2.05, 4.69) is 16.8 Å². The lowest BCUT2D eigenvalue weighted by molar-refractivity contribution is -0.130. The largest absolute Gasteiger partial charge is 0.472 e. The SMILES string of the molecule is O=C(O)C#Cc1ccc(CN(CCc2ccccc2F)c2nc3cccc(F)c3s2)cc1. The molecule has 0 bridgehead atoms. The number of aliphatic carboxylic acids is 1. The minimum atomic E-state index is -1.18. The quantitative estimate of drug-likeness (QED) is 0.409. The topological polar surface area (TPSA) is 53.4 Å². The molecule has 0 saturated heterocycles. The first kappa shape index (κ1) is 21.5. The van der Waals surface area contributed by atoms with Crippen LogP contribution in [-0.2, 0) is 17.8 Å². The fourth-order valence-electron chi connectivity index (χ4n) is 3.28. The number of rotatable bonds is 6. The second kappa shape index (κ2) is 9.58. The van der Waals surface area contributed by atoms with Crippen molar-refractivity contribution in [2.24, 2.45) is 0 Å². The van der Waals surface area contributed by atoms with Gasteiger partial charge in [0.25, 0.3) is 0 Å². The van der Waals surface area contributed by atoms with E-state index in [0.29, 0.717) is 46.0 Å². The average Bonchev–Trinajstić information content (AvgIpc) is 3.23. The van der Waals surface area contributed by atoms with Crippen LogP contribution in [0.2, 0.25) is 0 Å². The van der Waals surface area contributed by atoms with Gasteiger partial charge in [0, 0.05) is 24.6 Å². The first-order valence-electron chi connectivity index (χ1n) is 9.87. The highest BCUT2D eigenvalue weighted by molar-refractivity contribution is 7.22. The monoisotopic (exact) mass is 448 g/mol. The molecule has 0 atom stereocenters. The van der Waals surface area contributed by atoms with Crippen molar-refractivity contribution < 1.29 is 18.7 Å². The van der Waals surface area contributed by atoms with Gasteiger partial charge in [0.1, 0.15) is 11.6 Å². The number of carbonyl (C=O) groups is 1. The third-order valence-corrected chi connectivity index (χ3v) is 6.02. The number of hydrogen-bond donors (Lipinski definition) is 1. The normalized spacial score (nSPS) is 10.6. The molecule has 1 aromatic heterocycles. The molecule has 4 aromatic rings. The molecule has 7 heteroatoms. The lowest BCUT2D eigenvalue weighted by atomic mass is 10.1. The molecule has 32 heavy (non-hydrogen) atoms. The predicted octanol–water partition coefficient (Wildman–Crippen LogP) is 5.26. The smallest absolute Gasteiger partial charge is 0.382 e. The van der Waals surface area contributed by atoms with Crippen LogP contribution in [0.4, 0.5) is 13.9 Å². The van der Waals surface area contributed by atoms with Crippen LogP contribution in [0, 0.1) is 23.5 Å². The number of nitrogens with zero attached hydrogens (tertiary/aromatic N) is 2. The Balaban J connectivity index is 1.61. The summed E-state index contributed by atoms with van der Waals surface area (Å²) in [7, 11) is 0. The number of aromatic nitrogens is 1. The zero-order chi connectivity index (χ0) is 22.5. The molecule has 0 fully saturated rings. The maximum Gasteiger partial charge on any atom is 0.382 e. The van der Waals surface area contributed by atoms with Gasteiger partial charge in [0.05, 0.1) is 10.2 Å². The molecule has 160 valence electrons. The molecule has 4 rings (SSSR count). The average molecular weight is 448 g/mol. The molecular weight excluding hydrogens is 430 g/mol. The minimum Gasteiger partial charge on any atom is -0.472 e. The van der Waals surface area contributed by atoms with Crippen LogP contribution in [0.3, 0.4) is 0 Å². The van der Waals surface area contributed by atoms with Crippen molar-refractivity contribution in [3.63, 3.8) is 0 Å². The van der Waals surface area contributed by atoms with Gasteiger partial charge in [-0.1, -0.05) is 53.7 Å². The Hall–Kier alpha value is -3.76. The minimum absolute atomic E-state index is 0.260. The van der Waals surface area contributed by atoms with Crippen LogP contribution >= 0.6 is 11.3 Å². The van der Waals surface area contributed by atoms with Crippen LogP contribution in [0.25, 0.3) is 10.2 Å². The number of carboxylic acid groups (broad SMARTS) is 1. The van der Waals surface area contributed by atoms with Crippen molar-refractivity contribution in [3.8, 4) is 11.8 Å². The van der Waals surface area contributed by atoms with Crippen LogP contribution in [0.5, 0.6) is 0 Å². The molecule has 1 heterocycles. The Morgan fingerprint density at radius 3 is 2.47 bits per heavy atom. The maximum absolute atomic E-state index is 14.2. The highest BCUT2D eigenvalue weighted by Crippen LogP contribution is 2.31. The molecule has 4 nitrogen and oxygen atoms in total. The van der Waals surface area contributed by atoms with Gasteiger partial charge in [-0.2, -0.15) is 0 Å². The van der Waals surface area contributed by atoms with Crippen molar-refractivity contribution >= 4 is 32.7 Å². The maximum atomic E-state index is 14.2. The number of carboxylic acids is 1. The van der Waals surface area contributed by atoms with Gasteiger partial charge in [0.15, 0.2) is 5.13 Å². The van der Waals surface area contributed by atoms with Gasteiger partial charge in [-0.25, -0.2) is 18.6 Å². The summed E-state index contributed by atoms with van der Waals surface area (Å²) in [4.78, 5) is 17.2. The summed E-state index contributed by atoms with van der Waals surface area (Å²) in [5.74, 6) is 2.90. The molecule has 0 aliphatic carbocycles. The van der Waals surface area contributed by atoms with E-state index in [1.54, 1.807) is 42.5 Å². The van der Waals surface area contributed by atoms with E-state index < -0.39 is 5.97 Å². The molecule has 0 amide bonds. The first-order valence-corrected chi connectivity index (χ1v) is 10.7. The predicted molar refractivity (Wildman–Crippen MR) is 122 cm³/mol. The Morgan fingerprint density at radius 2 is 1.75 bits per heavy atom. The second-order valence-electron chi connectivity index (χ2n) is 7.10. The van der Waals surface area contributed by atoms with Gasteiger partial charge < -0.3 is 10.0 Å². The third kappa shape index (κ3) is 5.10. The molecule has 0 aliphatic rings. The van der Waals surface area contributed by atoms with Crippen molar-refractivity contribution in [3.05, 3.63) is 95.1 Å². The first-order chi connectivity index (χ1) is 15.5. The molecule has 3 aromatic carbocycles. The Morgan fingerprint density at radius 1 is 1.00 bits per heavy atom. The summed E-state index contributed by atoms with van der Waals surface area (Å²) in [6.45, 7) is 0.964. The van der Waals surface area contributed by atoms with E-state index in [0.717, 1.165) is 5.56 Å². The lowest BCUT2D eigenvalue weighted by Crippen LogP contribution is -2.25. The third-order valence-electron chi connectivity index (χ3n) is 4.88. The van der Waals surface area contributed by atoms with E-state index in [9.17, 15) is 13.6 Å². The molecular formula is C25H18F2N2O2S. The standard InChI is InChI=1S/C25H18F2N2O2S/c26-20-5-2-1-4-19(20)14-15-29(25-28-22-7-3-6-21(27)24(22)32-25)16-18-10-8-17(9-11-18)12-13-23(30)31/h1-11H,14-16H2,(H,30,31). The highest BCUT2D eigenvalue weighted by Gasteiger charge is 2.16. The van der Waals surface area contributed by atoms with Gasteiger partial charge in [-0.3, -0.25) is 0 Å². The van der Waals surface area contributed by atoms with Crippen LogP contribution in [0.1, 0.15) is 16.7 Å². The Kier molecular flexibility index (Phi) is 6.43. The van der Waals surface area contributed by atoms with Crippen molar-refractivity contribution in [2.45, 2.75) is 13.0 Å². The summed E-state index contributed by atoms with van der Waals surface area (Å²) in [5, 5.41) is 9.34. The fourth-order valence-corrected chi connectivity index (χ4v) is 4.27. The summed E-state index contributed by atoms with van der Waals surface area (Å²) in [5.41, 5.74) is 2.72. The van der Waals surface area contributed by atoms with E-state index in [4.69, 9.17) is 5.11 Å². The number of benzene rings is 3. The summed E-state index contributed by atoms with van der Waals surface area (Å²) in [6.07, 6.45) is 0.466. The molecule has 0 aliphatic heterocycles. The summed E-state index contributed by atoms with van der Waals surface area (Å²) in [6, 6.07) is 18.7. The fraction of sp³-hybridized carbons (Fsp3) is 0.120. The van der Waals surface area contributed by atoms with Crippen molar-refractivity contribution in [2.75, 3.05) is 11.4 Å². The zero-order valence-electron chi connectivity index (χ0n) is 16.9. The Bertz CT molecular complexity index is 1320. The van der Waals surface area contributed by atoms with E-state index in [-0.39, 0.29) is 11.6 Å². The van der Waals surface area contributed by atoms with Gasteiger partial charge in [-0.05, 0) is 47.9 Å². The number of hydrogen-bond acceptors (Lipinski definition) is 4. The summed E-state index contributed by atoms with van der Waals surface area (Å²) >= 11 is 1.26. The number of fused-ring (bicyclic) bond motifs is 1. The number of anilines is 1. The van der Waals surface area contributed by atoms with Gasteiger partial charge >= 0.3 is 5.97 Å². The molecule has 0 unspecified atom stereocenters. The van der Waals surface area contributed by atoms with E-state index in [1.807, 2.05) is 17.0 Å². The molecule has 1 N–H and O–H groups in total. The Labute approximate surface area is 187 Å². The highest BCUT2D eigenvalue weighted by atomic mass is 32.1. The lowest BCUT2D eigenvalue weighted by Gasteiger charge is -2.22. The van der Waals surface area contributed by atoms with Crippen LogP contribution in [-0.4, -0.2) is 22.6 Å². The van der Waals surface area contributed by atoms with Crippen LogP contribution < -0.4 is 4.90 Å². The van der Waals surface area contributed by atoms with Crippen molar-refractivity contribution in [1.29, 1.82) is 0 Å². The number of halogens is 2. The van der Waals surface area contributed by atoms with E-state index >= 15 is 0 Å². The van der Waals surface area contributed by atoms with Crippen LogP contribution in [0.15, 0.2) is 66.7 Å². The zero-order valence-corrected chi connectivity index (χ0v) is 17.7. The van der Waals surface area contributed by atoms with Crippen molar-refractivity contribution in [1.82, 2.24) is 4.98 Å². The molecule has 0 radical (unpaired) electrons. The molecule has 0 spiro atoms. The summed E-state index contributed by atoms with van der Waals surface area (Å²) < 4.78 is 28.8. The number of thiazole rings is 1. The van der Waals surface area contributed by atoms with Gasteiger partial charge in [-0.15, -0.1) is 0 Å². The van der Waals surface area contributed by atoms with Gasteiger partial charge in [0.2, 0.25) is 0 Å². The van der Waals surface area contributed by atoms with E-state index in [1.165, 1.54) is 23.5 Å².